The molecule has 5 nitrogen and oxygen atoms in total. The lowest BCUT2D eigenvalue weighted by Gasteiger charge is -2.19. The minimum Gasteiger partial charge on any atom is -0.493 e. The fourth-order valence-corrected chi connectivity index (χ4v) is 2.85. The highest BCUT2D eigenvalue weighted by Crippen LogP contribution is 2.32. The standard InChI is InChI=1S/C13H20FNO4S/c1-5-15-11(8-20(4,16)17)9-6-12(18-2)13(19-3)7-10(9)14/h6-7,11,15H,5,8H2,1-4H3. The van der Waals surface area contributed by atoms with Crippen LogP contribution >= 0.6 is 0 Å². The Morgan fingerprint density at radius 1 is 1.25 bits per heavy atom. The third kappa shape index (κ3) is 4.35. The van der Waals surface area contributed by atoms with Crippen molar-refractivity contribution >= 4 is 9.84 Å². The molecule has 0 bridgehead atoms. The van der Waals surface area contributed by atoms with E-state index in [0.29, 0.717) is 12.3 Å². The smallest absolute Gasteiger partial charge is 0.163 e. The van der Waals surface area contributed by atoms with Crippen LogP contribution in [0.1, 0.15) is 18.5 Å². The van der Waals surface area contributed by atoms with E-state index >= 15 is 0 Å². The molecule has 1 aromatic rings. The number of rotatable bonds is 7. The summed E-state index contributed by atoms with van der Waals surface area (Å²) in [4.78, 5) is 0. The summed E-state index contributed by atoms with van der Waals surface area (Å²) in [6.07, 6.45) is 1.12. The van der Waals surface area contributed by atoms with Crippen molar-refractivity contribution in [2.75, 3.05) is 32.8 Å². The minimum absolute atomic E-state index is 0.187. The van der Waals surface area contributed by atoms with E-state index in [4.69, 9.17) is 9.47 Å². The van der Waals surface area contributed by atoms with Gasteiger partial charge in [-0.1, -0.05) is 6.92 Å². The molecule has 1 rings (SSSR count). The van der Waals surface area contributed by atoms with Gasteiger partial charge in [0.05, 0.1) is 20.0 Å². The van der Waals surface area contributed by atoms with Gasteiger partial charge < -0.3 is 14.8 Å². The van der Waals surface area contributed by atoms with Crippen LogP contribution in [-0.4, -0.2) is 41.2 Å². The van der Waals surface area contributed by atoms with E-state index in [9.17, 15) is 12.8 Å². The molecule has 1 atom stereocenters. The summed E-state index contributed by atoms with van der Waals surface area (Å²) in [5, 5.41) is 2.97. The molecule has 20 heavy (non-hydrogen) atoms. The van der Waals surface area contributed by atoms with Crippen LogP contribution in [-0.2, 0) is 9.84 Å². The van der Waals surface area contributed by atoms with E-state index in [1.807, 2.05) is 6.92 Å². The molecule has 0 aliphatic heterocycles. The average molecular weight is 305 g/mol. The van der Waals surface area contributed by atoms with Crippen LogP contribution in [0, 0.1) is 5.82 Å². The number of hydrogen-bond donors (Lipinski definition) is 1. The zero-order chi connectivity index (χ0) is 15.3. The fraction of sp³-hybridized carbons (Fsp3) is 0.538. The van der Waals surface area contributed by atoms with Crippen molar-refractivity contribution in [1.29, 1.82) is 0 Å². The van der Waals surface area contributed by atoms with Gasteiger partial charge in [0, 0.05) is 23.9 Å². The van der Waals surface area contributed by atoms with Gasteiger partial charge in [-0.05, 0) is 12.6 Å². The second-order valence-corrected chi connectivity index (χ2v) is 6.62. The second-order valence-electron chi connectivity index (χ2n) is 4.43. The van der Waals surface area contributed by atoms with Gasteiger partial charge in [-0.15, -0.1) is 0 Å². The van der Waals surface area contributed by atoms with Crippen molar-refractivity contribution in [3.8, 4) is 11.5 Å². The molecule has 0 aliphatic rings. The Morgan fingerprint density at radius 3 is 2.25 bits per heavy atom. The molecule has 0 saturated carbocycles. The van der Waals surface area contributed by atoms with Crippen molar-refractivity contribution in [3.63, 3.8) is 0 Å². The van der Waals surface area contributed by atoms with Gasteiger partial charge in [-0.3, -0.25) is 0 Å². The fourth-order valence-electron chi connectivity index (χ4n) is 1.94. The van der Waals surface area contributed by atoms with Crippen molar-refractivity contribution in [2.45, 2.75) is 13.0 Å². The van der Waals surface area contributed by atoms with E-state index in [2.05, 4.69) is 5.32 Å². The molecule has 0 aliphatic carbocycles. The van der Waals surface area contributed by atoms with E-state index in [-0.39, 0.29) is 17.1 Å². The predicted octanol–water partition coefficient (Wildman–Crippen LogP) is 1.54. The molecule has 0 spiro atoms. The van der Waals surface area contributed by atoms with Gasteiger partial charge in [0.2, 0.25) is 0 Å². The van der Waals surface area contributed by atoms with Crippen LogP contribution in [0.25, 0.3) is 0 Å². The molecule has 1 N–H and O–H groups in total. The molecule has 1 aromatic carbocycles. The third-order valence-electron chi connectivity index (χ3n) is 2.80. The SMILES string of the molecule is CCNC(CS(C)(=O)=O)c1cc(OC)c(OC)cc1F. The molecular formula is C13H20FNO4S. The Morgan fingerprint density at radius 2 is 1.80 bits per heavy atom. The highest BCUT2D eigenvalue weighted by Gasteiger charge is 2.22. The quantitative estimate of drug-likeness (QED) is 0.828. The van der Waals surface area contributed by atoms with Gasteiger partial charge in [0.15, 0.2) is 11.5 Å². The first-order valence-electron chi connectivity index (χ1n) is 6.14. The van der Waals surface area contributed by atoms with Gasteiger partial charge in [0.1, 0.15) is 15.7 Å². The van der Waals surface area contributed by atoms with Crippen LogP contribution in [0.15, 0.2) is 12.1 Å². The zero-order valence-electron chi connectivity index (χ0n) is 12.1. The number of sulfone groups is 1. The molecule has 0 amide bonds. The van der Waals surface area contributed by atoms with Gasteiger partial charge in [-0.2, -0.15) is 0 Å². The zero-order valence-corrected chi connectivity index (χ0v) is 12.9. The molecule has 0 radical (unpaired) electrons. The van der Waals surface area contributed by atoms with Crippen LogP contribution < -0.4 is 14.8 Å². The van der Waals surface area contributed by atoms with Crippen molar-refractivity contribution in [3.05, 3.63) is 23.5 Å². The summed E-state index contributed by atoms with van der Waals surface area (Å²) in [6, 6.07) is 2.03. The predicted molar refractivity (Wildman–Crippen MR) is 75.6 cm³/mol. The van der Waals surface area contributed by atoms with Gasteiger partial charge in [0.25, 0.3) is 0 Å². The Hall–Kier alpha value is -1.34. The maximum absolute atomic E-state index is 14.1. The average Bonchev–Trinajstić information content (AvgIpc) is 2.36. The second kappa shape index (κ2) is 6.90. The lowest BCUT2D eigenvalue weighted by Crippen LogP contribution is -2.28. The molecule has 0 aromatic heterocycles. The normalized spacial score (nSPS) is 13.1. The number of hydrogen-bond acceptors (Lipinski definition) is 5. The van der Waals surface area contributed by atoms with Crippen molar-refractivity contribution in [2.24, 2.45) is 0 Å². The van der Waals surface area contributed by atoms with Crippen LogP contribution in [0.4, 0.5) is 4.39 Å². The van der Waals surface area contributed by atoms with Crippen molar-refractivity contribution in [1.82, 2.24) is 5.32 Å². The molecule has 7 heteroatoms. The minimum atomic E-state index is -3.25. The first kappa shape index (κ1) is 16.7. The van der Waals surface area contributed by atoms with Crippen LogP contribution in [0.2, 0.25) is 0 Å². The molecule has 0 saturated heterocycles. The maximum atomic E-state index is 14.1. The Labute approximate surface area is 119 Å². The van der Waals surface area contributed by atoms with Crippen LogP contribution in [0.3, 0.4) is 0 Å². The van der Waals surface area contributed by atoms with Crippen LogP contribution in [0.5, 0.6) is 11.5 Å². The summed E-state index contributed by atoms with van der Waals surface area (Å²) in [6.45, 7) is 2.35. The number of ether oxygens (including phenoxy) is 2. The number of nitrogens with one attached hydrogen (secondary N) is 1. The van der Waals surface area contributed by atoms with Crippen molar-refractivity contribution < 1.29 is 22.3 Å². The number of benzene rings is 1. The highest BCUT2D eigenvalue weighted by molar-refractivity contribution is 7.90. The molecule has 1 unspecified atom stereocenters. The topological polar surface area (TPSA) is 64.6 Å². The number of methoxy groups -OCH3 is 2. The van der Waals surface area contributed by atoms with E-state index in [1.165, 1.54) is 26.4 Å². The maximum Gasteiger partial charge on any atom is 0.163 e. The first-order chi connectivity index (χ1) is 9.32. The monoisotopic (exact) mass is 305 g/mol. The Bertz CT molecular complexity index is 560. The molecule has 0 fully saturated rings. The molecule has 114 valence electrons. The highest BCUT2D eigenvalue weighted by atomic mass is 32.2. The van der Waals surface area contributed by atoms with E-state index in [1.54, 1.807) is 0 Å². The molecular weight excluding hydrogens is 285 g/mol. The Kier molecular flexibility index (Phi) is 5.76. The summed E-state index contributed by atoms with van der Waals surface area (Å²) in [7, 11) is -0.392. The molecule has 0 heterocycles. The third-order valence-corrected chi connectivity index (χ3v) is 3.74. The van der Waals surface area contributed by atoms with Gasteiger partial charge in [-0.25, -0.2) is 12.8 Å². The van der Waals surface area contributed by atoms with E-state index in [0.717, 1.165) is 6.26 Å². The first-order valence-corrected chi connectivity index (χ1v) is 8.21. The lowest BCUT2D eigenvalue weighted by molar-refractivity contribution is 0.350. The lowest BCUT2D eigenvalue weighted by atomic mass is 10.1. The summed E-state index contributed by atoms with van der Waals surface area (Å²) < 4.78 is 47.2. The van der Waals surface area contributed by atoms with E-state index < -0.39 is 21.7 Å². The largest absolute Gasteiger partial charge is 0.493 e. The number of halogens is 1. The van der Waals surface area contributed by atoms with Gasteiger partial charge >= 0.3 is 0 Å². The summed E-state index contributed by atoms with van der Waals surface area (Å²) >= 11 is 0. The Balaban J connectivity index is 3.25. The summed E-state index contributed by atoms with van der Waals surface area (Å²) in [5.41, 5.74) is 0.245. The summed E-state index contributed by atoms with van der Waals surface area (Å²) in [5.74, 6) is -0.0892.